The molecule has 11 heteroatoms. The molecular weight excluding hydrogens is 458 g/mol. The monoisotopic (exact) mass is 481 g/mol. The predicted molar refractivity (Wildman–Crippen MR) is 132 cm³/mol. The molecule has 0 aliphatic carbocycles. The summed E-state index contributed by atoms with van der Waals surface area (Å²) in [6, 6.07) is 12.7. The minimum Gasteiger partial charge on any atom is -0.387 e. The fraction of sp³-hybridized carbons (Fsp3) is 0.182. The van der Waals surface area contributed by atoms with E-state index >= 15 is 0 Å². The van der Waals surface area contributed by atoms with E-state index in [1.807, 2.05) is 55.6 Å². The van der Waals surface area contributed by atoms with E-state index in [4.69, 9.17) is 0 Å². The maximum atomic E-state index is 12.2. The second-order valence-corrected chi connectivity index (χ2v) is 9.28. The fourth-order valence-electron chi connectivity index (χ4n) is 2.96. The number of aliphatic hydroxyl groups excluding tert-OH is 1. The number of aliphatic hydroxyl groups is 1. The standard InChI is InChI=1S/C22H23N7O2S2/c1-12-9-15(24-21(31)27-20-5-4-8-32-20)6-7-17(12)33-22-23-13(2)10-18(26-22)25-19-11-16(14(3)30)28-29-19/h4-11,14,30H,1-3H3,(H2,24,27,31)(H2,23,25,26,28,29). The molecule has 1 aromatic carbocycles. The maximum absolute atomic E-state index is 12.2. The van der Waals surface area contributed by atoms with Gasteiger partial charge in [0.05, 0.1) is 16.8 Å². The predicted octanol–water partition coefficient (Wildman–Crippen LogP) is 5.47. The Morgan fingerprint density at radius 2 is 1.97 bits per heavy atom. The lowest BCUT2D eigenvalue weighted by molar-refractivity contribution is 0.194. The lowest BCUT2D eigenvalue weighted by Crippen LogP contribution is -2.18. The molecule has 1 unspecified atom stereocenters. The van der Waals surface area contributed by atoms with Crippen molar-refractivity contribution in [1.82, 2.24) is 20.2 Å². The number of urea groups is 1. The van der Waals surface area contributed by atoms with E-state index in [1.54, 1.807) is 13.0 Å². The Kier molecular flexibility index (Phi) is 6.92. The second-order valence-electron chi connectivity index (χ2n) is 7.33. The quantitative estimate of drug-likeness (QED) is 0.221. The van der Waals surface area contributed by atoms with Gasteiger partial charge in [-0.3, -0.25) is 10.4 Å². The topological polar surface area (TPSA) is 128 Å². The summed E-state index contributed by atoms with van der Waals surface area (Å²) in [7, 11) is 0. The zero-order valence-electron chi connectivity index (χ0n) is 18.2. The Balaban J connectivity index is 1.44. The molecule has 33 heavy (non-hydrogen) atoms. The maximum Gasteiger partial charge on any atom is 0.324 e. The highest BCUT2D eigenvalue weighted by atomic mass is 32.2. The van der Waals surface area contributed by atoms with Gasteiger partial charge in [0.15, 0.2) is 11.0 Å². The first-order chi connectivity index (χ1) is 15.9. The SMILES string of the molecule is Cc1cc(Nc2cc(C(C)O)[nH]n2)nc(Sc2ccc(NC(=O)Nc3cccs3)cc2C)n1. The van der Waals surface area contributed by atoms with Crippen LogP contribution in [0.5, 0.6) is 0 Å². The van der Waals surface area contributed by atoms with Crippen molar-refractivity contribution >= 4 is 51.5 Å². The van der Waals surface area contributed by atoms with Gasteiger partial charge in [-0.25, -0.2) is 14.8 Å². The molecule has 0 bridgehead atoms. The Labute approximate surface area is 199 Å². The van der Waals surface area contributed by atoms with Gasteiger partial charge in [-0.2, -0.15) is 5.10 Å². The van der Waals surface area contributed by atoms with Gasteiger partial charge < -0.3 is 15.7 Å². The zero-order chi connectivity index (χ0) is 23.4. The van der Waals surface area contributed by atoms with Gasteiger partial charge in [-0.15, -0.1) is 11.3 Å². The van der Waals surface area contributed by atoms with Crippen LogP contribution in [-0.2, 0) is 0 Å². The number of thiophene rings is 1. The van der Waals surface area contributed by atoms with Gasteiger partial charge in [0, 0.05) is 28.4 Å². The summed E-state index contributed by atoms with van der Waals surface area (Å²) in [6.45, 7) is 5.54. The first-order valence-electron chi connectivity index (χ1n) is 10.1. The summed E-state index contributed by atoms with van der Waals surface area (Å²) in [5.74, 6) is 1.17. The third-order valence-corrected chi connectivity index (χ3v) is 6.36. The van der Waals surface area contributed by atoms with Gasteiger partial charge in [-0.05, 0) is 73.8 Å². The first kappa shape index (κ1) is 22.8. The lowest BCUT2D eigenvalue weighted by atomic mass is 10.2. The van der Waals surface area contributed by atoms with Gasteiger partial charge in [0.25, 0.3) is 0 Å². The Morgan fingerprint density at radius 3 is 2.67 bits per heavy atom. The van der Waals surface area contributed by atoms with Crippen molar-refractivity contribution in [3.8, 4) is 0 Å². The molecule has 5 N–H and O–H groups in total. The number of carbonyl (C=O) groups excluding carboxylic acids is 1. The first-order valence-corrected chi connectivity index (χ1v) is 11.8. The van der Waals surface area contributed by atoms with Crippen LogP contribution in [0, 0.1) is 13.8 Å². The number of rotatable bonds is 7. The molecule has 0 saturated heterocycles. The Hall–Kier alpha value is -3.41. The number of H-pyrrole nitrogens is 1. The van der Waals surface area contributed by atoms with E-state index in [-0.39, 0.29) is 6.03 Å². The molecule has 0 radical (unpaired) electrons. The summed E-state index contributed by atoms with van der Waals surface area (Å²) in [5.41, 5.74) is 3.11. The molecule has 0 fully saturated rings. The third-order valence-electron chi connectivity index (χ3n) is 4.53. The molecular formula is C22H23N7O2S2. The van der Waals surface area contributed by atoms with Crippen LogP contribution in [0.3, 0.4) is 0 Å². The van der Waals surface area contributed by atoms with Gasteiger partial charge in [-0.1, -0.05) is 0 Å². The number of aryl methyl sites for hydroxylation is 2. The molecule has 170 valence electrons. The van der Waals surface area contributed by atoms with E-state index in [0.717, 1.165) is 21.2 Å². The van der Waals surface area contributed by atoms with Crippen LogP contribution in [-0.4, -0.2) is 31.3 Å². The Morgan fingerprint density at radius 1 is 1.12 bits per heavy atom. The molecule has 4 aromatic rings. The van der Waals surface area contributed by atoms with Crippen molar-refractivity contribution < 1.29 is 9.90 Å². The van der Waals surface area contributed by atoms with E-state index in [9.17, 15) is 9.90 Å². The van der Waals surface area contributed by atoms with Gasteiger partial charge >= 0.3 is 6.03 Å². The molecule has 2 amide bonds. The number of hydrogen-bond acceptors (Lipinski definition) is 8. The summed E-state index contributed by atoms with van der Waals surface area (Å²) in [4.78, 5) is 22.2. The minimum absolute atomic E-state index is 0.285. The number of anilines is 4. The summed E-state index contributed by atoms with van der Waals surface area (Å²) in [5, 5.41) is 28.6. The largest absolute Gasteiger partial charge is 0.387 e. The van der Waals surface area contributed by atoms with Crippen LogP contribution in [0.4, 0.5) is 27.1 Å². The molecule has 4 rings (SSSR count). The van der Waals surface area contributed by atoms with Gasteiger partial charge in [0.1, 0.15) is 5.82 Å². The van der Waals surface area contributed by atoms with Crippen LogP contribution in [0.1, 0.15) is 30.0 Å². The number of aromatic nitrogens is 4. The van der Waals surface area contributed by atoms with E-state index < -0.39 is 6.10 Å². The van der Waals surface area contributed by atoms with Crippen LogP contribution in [0.15, 0.2) is 57.9 Å². The highest BCUT2D eigenvalue weighted by Gasteiger charge is 2.11. The molecule has 0 aliphatic heterocycles. The van der Waals surface area contributed by atoms with Crippen molar-refractivity contribution in [2.75, 3.05) is 16.0 Å². The number of nitrogens with one attached hydrogen (secondary N) is 4. The summed E-state index contributed by atoms with van der Waals surface area (Å²) in [6.07, 6.45) is -0.631. The molecule has 9 nitrogen and oxygen atoms in total. The van der Waals surface area contributed by atoms with Crippen LogP contribution >= 0.6 is 23.1 Å². The smallest absolute Gasteiger partial charge is 0.324 e. The fourth-order valence-corrected chi connectivity index (χ4v) is 4.46. The van der Waals surface area contributed by atoms with Crippen molar-refractivity contribution in [1.29, 1.82) is 0 Å². The van der Waals surface area contributed by atoms with Crippen molar-refractivity contribution in [3.05, 3.63) is 64.8 Å². The second kappa shape index (κ2) is 10.0. The van der Waals surface area contributed by atoms with Crippen LogP contribution < -0.4 is 16.0 Å². The minimum atomic E-state index is -0.631. The number of nitrogens with zero attached hydrogens (tertiary/aromatic N) is 3. The van der Waals surface area contributed by atoms with E-state index in [2.05, 4.69) is 36.1 Å². The third kappa shape index (κ3) is 6.09. The average Bonchev–Trinajstić information content (AvgIpc) is 3.42. The van der Waals surface area contributed by atoms with Crippen molar-refractivity contribution in [3.63, 3.8) is 0 Å². The number of amides is 2. The molecule has 0 saturated carbocycles. The normalized spacial score (nSPS) is 11.8. The van der Waals surface area contributed by atoms with E-state index in [0.29, 0.717) is 28.2 Å². The number of hydrogen-bond donors (Lipinski definition) is 5. The summed E-state index contributed by atoms with van der Waals surface area (Å²) >= 11 is 2.90. The Bertz CT molecular complexity index is 1260. The average molecular weight is 482 g/mol. The lowest BCUT2D eigenvalue weighted by Gasteiger charge is -2.11. The highest BCUT2D eigenvalue weighted by Crippen LogP contribution is 2.31. The number of benzene rings is 1. The van der Waals surface area contributed by atoms with Crippen molar-refractivity contribution in [2.45, 2.75) is 36.9 Å². The van der Waals surface area contributed by atoms with Crippen LogP contribution in [0.2, 0.25) is 0 Å². The van der Waals surface area contributed by atoms with E-state index in [1.165, 1.54) is 23.1 Å². The number of aromatic amines is 1. The summed E-state index contributed by atoms with van der Waals surface area (Å²) < 4.78 is 0. The molecule has 3 aromatic heterocycles. The molecule has 0 aliphatic rings. The molecule has 1 atom stereocenters. The number of carbonyl (C=O) groups is 1. The molecule has 0 spiro atoms. The molecule has 3 heterocycles. The highest BCUT2D eigenvalue weighted by molar-refractivity contribution is 7.99. The van der Waals surface area contributed by atoms with Gasteiger partial charge in [0.2, 0.25) is 0 Å². The van der Waals surface area contributed by atoms with Crippen LogP contribution in [0.25, 0.3) is 0 Å². The van der Waals surface area contributed by atoms with Crippen molar-refractivity contribution in [2.24, 2.45) is 0 Å². The zero-order valence-corrected chi connectivity index (χ0v) is 19.8.